The standard InChI is InChI=1S/C13H19NO3/c1-10-7-16-13(9-14,17-8-10)11-5-3-4-6-12(11)15-2/h3-6,10H,7-9,14H2,1-2H3. The molecule has 0 spiro atoms. The summed E-state index contributed by atoms with van der Waals surface area (Å²) in [5.74, 6) is 0.274. The first-order chi connectivity index (χ1) is 8.22. The molecule has 0 atom stereocenters. The van der Waals surface area contributed by atoms with E-state index in [0.717, 1.165) is 11.3 Å². The molecule has 0 saturated carbocycles. The minimum absolute atomic E-state index is 0.278. The monoisotopic (exact) mass is 237 g/mol. The Bertz CT molecular complexity index is 373. The second-order valence-corrected chi connectivity index (χ2v) is 4.38. The summed E-state index contributed by atoms with van der Waals surface area (Å²) in [5, 5.41) is 0. The highest BCUT2D eigenvalue weighted by molar-refractivity contribution is 5.37. The van der Waals surface area contributed by atoms with Gasteiger partial charge in [-0.2, -0.15) is 0 Å². The van der Waals surface area contributed by atoms with E-state index in [4.69, 9.17) is 19.9 Å². The van der Waals surface area contributed by atoms with Gasteiger partial charge in [0.2, 0.25) is 5.79 Å². The maximum absolute atomic E-state index is 5.83. The number of para-hydroxylation sites is 1. The van der Waals surface area contributed by atoms with Crippen molar-refractivity contribution in [3.8, 4) is 5.75 Å². The SMILES string of the molecule is COc1ccccc1C1(CN)OCC(C)CO1. The number of hydrogen-bond donors (Lipinski definition) is 1. The number of hydrogen-bond acceptors (Lipinski definition) is 4. The maximum Gasteiger partial charge on any atom is 0.211 e. The lowest BCUT2D eigenvalue weighted by Gasteiger charge is -2.39. The van der Waals surface area contributed by atoms with Gasteiger partial charge in [-0.25, -0.2) is 0 Å². The van der Waals surface area contributed by atoms with E-state index in [1.807, 2.05) is 24.3 Å². The Morgan fingerprint density at radius 2 is 2.00 bits per heavy atom. The summed E-state index contributed by atoms with van der Waals surface area (Å²) in [6, 6.07) is 7.66. The molecule has 0 bridgehead atoms. The van der Waals surface area contributed by atoms with E-state index in [9.17, 15) is 0 Å². The van der Waals surface area contributed by atoms with Crippen LogP contribution in [-0.4, -0.2) is 26.9 Å². The molecule has 0 aromatic heterocycles. The van der Waals surface area contributed by atoms with Gasteiger partial charge in [-0.3, -0.25) is 0 Å². The van der Waals surface area contributed by atoms with Crippen molar-refractivity contribution < 1.29 is 14.2 Å². The van der Waals surface area contributed by atoms with Gasteiger partial charge in [0.15, 0.2) is 0 Å². The van der Waals surface area contributed by atoms with E-state index in [0.29, 0.717) is 19.1 Å². The molecule has 0 radical (unpaired) electrons. The van der Waals surface area contributed by atoms with Crippen molar-refractivity contribution in [2.75, 3.05) is 26.9 Å². The number of benzene rings is 1. The van der Waals surface area contributed by atoms with Crippen LogP contribution in [0.4, 0.5) is 0 Å². The van der Waals surface area contributed by atoms with Crippen molar-refractivity contribution in [1.82, 2.24) is 0 Å². The first-order valence-electron chi connectivity index (χ1n) is 5.83. The molecular weight excluding hydrogens is 218 g/mol. The predicted molar refractivity (Wildman–Crippen MR) is 64.8 cm³/mol. The lowest BCUT2D eigenvalue weighted by molar-refractivity contribution is -0.284. The van der Waals surface area contributed by atoms with Gasteiger partial charge in [0.1, 0.15) is 5.75 Å². The first-order valence-corrected chi connectivity index (χ1v) is 5.83. The minimum Gasteiger partial charge on any atom is -0.496 e. The summed E-state index contributed by atoms with van der Waals surface area (Å²) < 4.78 is 17.0. The Balaban J connectivity index is 2.34. The molecule has 1 aromatic rings. The third kappa shape index (κ3) is 2.29. The number of ether oxygens (including phenoxy) is 3. The quantitative estimate of drug-likeness (QED) is 0.865. The van der Waals surface area contributed by atoms with Crippen molar-refractivity contribution in [3.05, 3.63) is 29.8 Å². The molecular formula is C13H19NO3. The molecule has 4 heteroatoms. The van der Waals surface area contributed by atoms with Crippen LogP contribution in [0.5, 0.6) is 5.75 Å². The fraction of sp³-hybridized carbons (Fsp3) is 0.538. The van der Waals surface area contributed by atoms with Crippen molar-refractivity contribution in [3.63, 3.8) is 0 Å². The Hall–Kier alpha value is -1.10. The van der Waals surface area contributed by atoms with E-state index in [2.05, 4.69) is 6.92 Å². The summed E-state index contributed by atoms with van der Waals surface area (Å²) in [5.41, 5.74) is 6.69. The highest BCUT2D eigenvalue weighted by atomic mass is 16.7. The molecule has 0 amide bonds. The van der Waals surface area contributed by atoms with E-state index < -0.39 is 5.79 Å². The second kappa shape index (κ2) is 5.04. The second-order valence-electron chi connectivity index (χ2n) is 4.38. The molecule has 1 fully saturated rings. The van der Waals surface area contributed by atoms with Gasteiger partial charge in [-0.15, -0.1) is 0 Å². The van der Waals surface area contributed by atoms with Crippen molar-refractivity contribution in [2.24, 2.45) is 11.7 Å². The van der Waals surface area contributed by atoms with Gasteiger partial charge < -0.3 is 19.9 Å². The fourth-order valence-corrected chi connectivity index (χ4v) is 1.99. The Labute approximate surface area is 102 Å². The highest BCUT2D eigenvalue weighted by Crippen LogP contribution is 2.36. The molecule has 2 rings (SSSR count). The fourth-order valence-electron chi connectivity index (χ4n) is 1.99. The van der Waals surface area contributed by atoms with E-state index >= 15 is 0 Å². The maximum atomic E-state index is 5.83. The molecule has 2 N–H and O–H groups in total. The topological polar surface area (TPSA) is 53.7 Å². The molecule has 1 aliphatic heterocycles. The molecule has 0 aliphatic carbocycles. The van der Waals surface area contributed by atoms with Crippen LogP contribution in [0.3, 0.4) is 0 Å². The predicted octanol–water partition coefficient (Wildman–Crippen LogP) is 1.49. The van der Waals surface area contributed by atoms with Crippen LogP contribution in [0.2, 0.25) is 0 Å². The smallest absolute Gasteiger partial charge is 0.211 e. The summed E-state index contributed by atoms with van der Waals surface area (Å²) in [6.45, 7) is 3.66. The average Bonchev–Trinajstić information content (AvgIpc) is 2.40. The molecule has 94 valence electrons. The van der Waals surface area contributed by atoms with Gasteiger partial charge in [0.25, 0.3) is 0 Å². The summed E-state index contributed by atoms with van der Waals surface area (Å²) in [6.07, 6.45) is 0. The zero-order valence-electron chi connectivity index (χ0n) is 10.3. The van der Waals surface area contributed by atoms with Crippen LogP contribution in [0, 0.1) is 5.92 Å². The molecule has 4 nitrogen and oxygen atoms in total. The molecule has 17 heavy (non-hydrogen) atoms. The third-order valence-corrected chi connectivity index (χ3v) is 2.99. The average molecular weight is 237 g/mol. The Morgan fingerprint density at radius 1 is 1.35 bits per heavy atom. The number of methoxy groups -OCH3 is 1. The lowest BCUT2D eigenvalue weighted by atomic mass is 10.0. The van der Waals surface area contributed by atoms with Crippen molar-refractivity contribution in [1.29, 1.82) is 0 Å². The molecule has 1 heterocycles. The number of nitrogens with two attached hydrogens (primary N) is 1. The summed E-state index contributed by atoms with van der Waals surface area (Å²) in [7, 11) is 1.63. The highest BCUT2D eigenvalue weighted by Gasteiger charge is 2.39. The van der Waals surface area contributed by atoms with Crippen LogP contribution in [0.15, 0.2) is 24.3 Å². The molecule has 1 aliphatic rings. The van der Waals surface area contributed by atoms with Gasteiger partial charge >= 0.3 is 0 Å². The first kappa shape index (κ1) is 12.4. The lowest BCUT2D eigenvalue weighted by Crippen LogP contribution is -2.46. The molecule has 1 aromatic carbocycles. The zero-order valence-corrected chi connectivity index (χ0v) is 10.3. The molecule has 0 unspecified atom stereocenters. The van der Waals surface area contributed by atoms with Crippen LogP contribution in [-0.2, 0) is 15.3 Å². The van der Waals surface area contributed by atoms with Crippen LogP contribution in [0.1, 0.15) is 12.5 Å². The minimum atomic E-state index is -0.862. The summed E-state index contributed by atoms with van der Waals surface area (Å²) >= 11 is 0. The van der Waals surface area contributed by atoms with Gasteiger partial charge in [0.05, 0.1) is 32.4 Å². The van der Waals surface area contributed by atoms with Crippen LogP contribution < -0.4 is 10.5 Å². The van der Waals surface area contributed by atoms with E-state index in [1.165, 1.54) is 0 Å². The zero-order chi connectivity index (χ0) is 12.3. The Morgan fingerprint density at radius 3 is 2.59 bits per heavy atom. The van der Waals surface area contributed by atoms with Crippen molar-refractivity contribution >= 4 is 0 Å². The van der Waals surface area contributed by atoms with Crippen molar-refractivity contribution in [2.45, 2.75) is 12.7 Å². The van der Waals surface area contributed by atoms with E-state index in [-0.39, 0.29) is 6.54 Å². The third-order valence-electron chi connectivity index (χ3n) is 2.99. The normalized spacial score (nSPS) is 29.0. The summed E-state index contributed by atoms with van der Waals surface area (Å²) in [4.78, 5) is 0. The number of rotatable bonds is 3. The van der Waals surface area contributed by atoms with Gasteiger partial charge in [-0.1, -0.05) is 19.1 Å². The van der Waals surface area contributed by atoms with Gasteiger partial charge in [0, 0.05) is 5.92 Å². The van der Waals surface area contributed by atoms with E-state index in [1.54, 1.807) is 7.11 Å². The largest absolute Gasteiger partial charge is 0.496 e. The van der Waals surface area contributed by atoms with Crippen LogP contribution >= 0.6 is 0 Å². The Kier molecular flexibility index (Phi) is 3.66. The molecule has 1 saturated heterocycles. The van der Waals surface area contributed by atoms with Gasteiger partial charge in [-0.05, 0) is 12.1 Å². The van der Waals surface area contributed by atoms with Crippen LogP contribution in [0.25, 0.3) is 0 Å².